The van der Waals surface area contributed by atoms with Gasteiger partial charge >= 0.3 is 5.97 Å². The van der Waals surface area contributed by atoms with Gasteiger partial charge in [0.15, 0.2) is 0 Å². The number of carbonyl (C=O) groups is 2. The van der Waals surface area contributed by atoms with Crippen molar-refractivity contribution in [1.82, 2.24) is 15.2 Å². The van der Waals surface area contributed by atoms with Gasteiger partial charge < -0.3 is 25.4 Å². The molecule has 1 aromatic heterocycles. The van der Waals surface area contributed by atoms with E-state index < -0.39 is 12.0 Å². The zero-order chi connectivity index (χ0) is 26.0. The number of nitrogens with one attached hydrogen (secondary N) is 2. The second-order valence-corrected chi connectivity index (χ2v) is 11.1. The number of hydrogen-bond acceptors (Lipinski definition) is 6. The van der Waals surface area contributed by atoms with Crippen LogP contribution in [0, 0.1) is 5.41 Å². The molecule has 2 heterocycles. The number of rotatable bonds is 15. The fraction of sp³-hybridized carbons (Fsp3) is 0.750. The minimum Gasteiger partial charge on any atom is -0.480 e. The Hall–Kier alpha value is -2.19. The number of ether oxygens (including phenoxy) is 1. The Kier molecular flexibility index (Phi) is 11.0. The van der Waals surface area contributed by atoms with Crippen molar-refractivity contribution in [2.45, 2.75) is 96.6 Å². The van der Waals surface area contributed by atoms with Crippen molar-refractivity contribution in [3.05, 3.63) is 23.4 Å². The van der Waals surface area contributed by atoms with Gasteiger partial charge in [0.1, 0.15) is 11.9 Å². The van der Waals surface area contributed by atoms with Crippen LogP contribution in [0.25, 0.3) is 0 Å². The Morgan fingerprint density at radius 2 is 2.00 bits per heavy atom. The predicted molar refractivity (Wildman–Crippen MR) is 142 cm³/mol. The first kappa shape index (κ1) is 28.4. The molecular formula is C28H46N4O4. The standard InChI is InChI=1S/C28H46N4O4/c1-21(36-3)20-32(17-7-4-10-23-12-11-22-9-8-16-29-26(22)30-23)18-13-24(27(34)35)31-25(33)19-28(2)14-5-6-15-28/h11-12,21,24H,4-10,13-20H2,1-3H3,(H,29,30)(H,31,33)(H,34,35). The lowest BCUT2D eigenvalue weighted by Crippen LogP contribution is -2.45. The van der Waals surface area contributed by atoms with Crippen LogP contribution >= 0.6 is 0 Å². The van der Waals surface area contributed by atoms with E-state index in [1.165, 1.54) is 5.56 Å². The largest absolute Gasteiger partial charge is 0.480 e. The third-order valence-corrected chi connectivity index (χ3v) is 7.79. The van der Waals surface area contributed by atoms with Crippen LogP contribution in [-0.2, 0) is 27.2 Å². The molecule has 2 atom stereocenters. The highest BCUT2D eigenvalue weighted by molar-refractivity contribution is 5.83. The smallest absolute Gasteiger partial charge is 0.326 e. The van der Waals surface area contributed by atoms with Gasteiger partial charge in [-0.05, 0) is 81.9 Å². The van der Waals surface area contributed by atoms with Gasteiger partial charge in [0, 0.05) is 38.9 Å². The number of aromatic nitrogens is 1. The molecule has 1 amide bonds. The predicted octanol–water partition coefficient (Wildman–Crippen LogP) is 4.03. The summed E-state index contributed by atoms with van der Waals surface area (Å²) in [6.07, 6.45) is 10.4. The van der Waals surface area contributed by atoms with Crippen molar-refractivity contribution in [3.8, 4) is 0 Å². The maximum atomic E-state index is 12.6. The SMILES string of the molecule is COC(C)CN(CCCCc1ccc2c(n1)NCCC2)CCC(NC(=O)CC1(C)CCCC1)C(=O)O. The Morgan fingerprint density at radius 1 is 1.22 bits per heavy atom. The number of hydrogen-bond donors (Lipinski definition) is 3. The van der Waals surface area contributed by atoms with Gasteiger partial charge in [-0.15, -0.1) is 0 Å². The molecule has 1 fully saturated rings. The number of carbonyl (C=O) groups excluding carboxylic acids is 1. The number of pyridine rings is 1. The molecule has 0 spiro atoms. The summed E-state index contributed by atoms with van der Waals surface area (Å²) >= 11 is 0. The van der Waals surface area contributed by atoms with Gasteiger partial charge in [-0.3, -0.25) is 4.79 Å². The number of unbranched alkanes of at least 4 members (excludes halogenated alkanes) is 1. The molecule has 0 bridgehead atoms. The lowest BCUT2D eigenvalue weighted by molar-refractivity contribution is -0.142. The highest BCUT2D eigenvalue weighted by Crippen LogP contribution is 2.40. The number of methoxy groups -OCH3 is 1. The molecule has 2 unspecified atom stereocenters. The molecule has 1 aliphatic heterocycles. The lowest BCUT2D eigenvalue weighted by Gasteiger charge is -2.27. The normalized spacial score (nSPS) is 18.3. The first-order valence-corrected chi connectivity index (χ1v) is 13.8. The summed E-state index contributed by atoms with van der Waals surface area (Å²) in [5.74, 6) is -0.0691. The molecule has 2 aliphatic rings. The molecule has 0 radical (unpaired) electrons. The van der Waals surface area contributed by atoms with Gasteiger partial charge in [0.25, 0.3) is 0 Å². The van der Waals surface area contributed by atoms with Gasteiger partial charge in [-0.2, -0.15) is 0 Å². The van der Waals surface area contributed by atoms with Crippen LogP contribution < -0.4 is 10.6 Å². The third-order valence-electron chi connectivity index (χ3n) is 7.79. The topological polar surface area (TPSA) is 104 Å². The number of carboxylic acids is 1. The quantitative estimate of drug-likeness (QED) is 0.311. The van der Waals surface area contributed by atoms with E-state index in [9.17, 15) is 14.7 Å². The number of carboxylic acid groups (broad SMARTS) is 1. The molecule has 1 aliphatic carbocycles. The highest BCUT2D eigenvalue weighted by atomic mass is 16.5. The Bertz CT molecular complexity index is 856. The van der Waals surface area contributed by atoms with E-state index >= 15 is 0 Å². The maximum absolute atomic E-state index is 12.6. The van der Waals surface area contributed by atoms with Gasteiger partial charge in [0.05, 0.1) is 6.10 Å². The molecule has 3 N–H and O–H groups in total. The number of amides is 1. The number of aryl methyl sites for hydroxylation is 2. The molecule has 202 valence electrons. The second-order valence-electron chi connectivity index (χ2n) is 11.1. The Balaban J connectivity index is 1.46. The van der Waals surface area contributed by atoms with Crippen molar-refractivity contribution >= 4 is 17.7 Å². The van der Waals surface area contributed by atoms with Gasteiger partial charge in [-0.1, -0.05) is 25.8 Å². The van der Waals surface area contributed by atoms with Crippen LogP contribution in [0.1, 0.15) is 82.9 Å². The number of fused-ring (bicyclic) bond motifs is 1. The third kappa shape index (κ3) is 9.04. The Labute approximate surface area is 216 Å². The number of aliphatic carboxylic acids is 1. The minimum atomic E-state index is -0.966. The van der Waals surface area contributed by atoms with Crippen LogP contribution in [0.5, 0.6) is 0 Å². The van der Waals surface area contributed by atoms with E-state index in [0.717, 1.165) is 88.9 Å². The number of anilines is 1. The monoisotopic (exact) mass is 502 g/mol. The van der Waals surface area contributed by atoms with E-state index in [-0.39, 0.29) is 17.4 Å². The van der Waals surface area contributed by atoms with E-state index in [1.807, 2.05) is 6.92 Å². The van der Waals surface area contributed by atoms with E-state index in [0.29, 0.717) is 19.4 Å². The molecule has 0 saturated heterocycles. The molecule has 36 heavy (non-hydrogen) atoms. The minimum absolute atomic E-state index is 0.00996. The fourth-order valence-corrected chi connectivity index (χ4v) is 5.49. The summed E-state index contributed by atoms with van der Waals surface area (Å²) in [5.41, 5.74) is 2.43. The van der Waals surface area contributed by atoms with Crippen molar-refractivity contribution in [3.63, 3.8) is 0 Å². The molecule has 3 rings (SSSR count). The lowest BCUT2D eigenvalue weighted by atomic mass is 9.85. The van der Waals surface area contributed by atoms with Crippen molar-refractivity contribution in [1.29, 1.82) is 0 Å². The van der Waals surface area contributed by atoms with Gasteiger partial charge in [-0.25, -0.2) is 9.78 Å². The van der Waals surface area contributed by atoms with Crippen molar-refractivity contribution in [2.75, 3.05) is 38.6 Å². The van der Waals surface area contributed by atoms with Crippen molar-refractivity contribution < 1.29 is 19.4 Å². The van der Waals surface area contributed by atoms with E-state index in [2.05, 4.69) is 34.6 Å². The molecule has 1 aromatic rings. The highest BCUT2D eigenvalue weighted by Gasteiger charge is 2.32. The molecule has 8 nitrogen and oxygen atoms in total. The molecular weight excluding hydrogens is 456 g/mol. The average Bonchev–Trinajstić information content (AvgIpc) is 3.29. The maximum Gasteiger partial charge on any atom is 0.326 e. The molecule has 8 heteroatoms. The summed E-state index contributed by atoms with van der Waals surface area (Å²) in [6.45, 7) is 7.34. The fourth-order valence-electron chi connectivity index (χ4n) is 5.49. The zero-order valence-corrected chi connectivity index (χ0v) is 22.5. The first-order chi connectivity index (χ1) is 17.3. The van der Waals surface area contributed by atoms with Crippen LogP contribution in [0.3, 0.4) is 0 Å². The Morgan fingerprint density at radius 3 is 2.72 bits per heavy atom. The van der Waals surface area contributed by atoms with Crippen molar-refractivity contribution in [2.24, 2.45) is 5.41 Å². The van der Waals surface area contributed by atoms with Crippen LogP contribution in [0.4, 0.5) is 5.82 Å². The molecule has 0 aromatic carbocycles. The molecule has 1 saturated carbocycles. The first-order valence-electron chi connectivity index (χ1n) is 13.8. The summed E-state index contributed by atoms with van der Waals surface area (Å²) < 4.78 is 5.47. The summed E-state index contributed by atoms with van der Waals surface area (Å²) in [7, 11) is 1.70. The second kappa shape index (κ2) is 13.9. The van der Waals surface area contributed by atoms with Crippen LogP contribution in [-0.4, -0.2) is 72.3 Å². The summed E-state index contributed by atoms with van der Waals surface area (Å²) in [4.78, 5) is 31.5. The van der Waals surface area contributed by atoms with Crippen LogP contribution in [0.15, 0.2) is 12.1 Å². The van der Waals surface area contributed by atoms with E-state index in [4.69, 9.17) is 9.72 Å². The number of nitrogens with zero attached hydrogens (tertiary/aromatic N) is 2. The summed E-state index contributed by atoms with van der Waals surface area (Å²) in [6, 6.07) is 3.47. The summed E-state index contributed by atoms with van der Waals surface area (Å²) in [5, 5.41) is 15.9. The zero-order valence-electron chi connectivity index (χ0n) is 22.5. The van der Waals surface area contributed by atoms with Gasteiger partial charge in [0.2, 0.25) is 5.91 Å². The van der Waals surface area contributed by atoms with Crippen LogP contribution in [0.2, 0.25) is 0 Å². The van der Waals surface area contributed by atoms with E-state index in [1.54, 1.807) is 7.11 Å². The average molecular weight is 503 g/mol.